The van der Waals surface area contributed by atoms with Crippen molar-refractivity contribution in [3.63, 3.8) is 0 Å². The van der Waals surface area contributed by atoms with Crippen molar-refractivity contribution in [2.24, 2.45) is 0 Å². The summed E-state index contributed by atoms with van der Waals surface area (Å²) in [6.07, 6.45) is 1.82. The monoisotopic (exact) mass is 299 g/mol. The van der Waals surface area contributed by atoms with Gasteiger partial charge in [-0.15, -0.1) is 0 Å². The van der Waals surface area contributed by atoms with Gasteiger partial charge in [-0.05, 0) is 29.9 Å². The number of hydrogen-bond donors (Lipinski definition) is 1. The third-order valence-electron chi connectivity index (χ3n) is 2.86. The molecule has 1 saturated heterocycles. The molecule has 0 atom stereocenters. The van der Waals surface area contributed by atoms with Gasteiger partial charge in [0.1, 0.15) is 5.82 Å². The Kier molecular flexibility index (Phi) is 4.17. The molecule has 17 heavy (non-hydrogen) atoms. The summed E-state index contributed by atoms with van der Waals surface area (Å²) < 4.78 is 0.962. The molecular formula is C11H18BrN5. The molecule has 0 spiro atoms. The smallest absolute Gasteiger partial charge is 0.224 e. The second-order valence-corrected chi connectivity index (χ2v) is 5.04. The molecule has 0 aliphatic carbocycles. The zero-order valence-corrected chi connectivity index (χ0v) is 11.9. The van der Waals surface area contributed by atoms with Gasteiger partial charge in [0.2, 0.25) is 5.95 Å². The minimum atomic E-state index is 0.699. The summed E-state index contributed by atoms with van der Waals surface area (Å²) in [5, 5.41) is 3.14. The summed E-state index contributed by atoms with van der Waals surface area (Å²) in [6.45, 7) is 7.06. The molecule has 0 radical (unpaired) electrons. The third-order valence-corrected chi connectivity index (χ3v) is 3.42. The molecule has 1 N–H and O–H groups in total. The van der Waals surface area contributed by atoms with Gasteiger partial charge in [0.15, 0.2) is 0 Å². The molecule has 5 nitrogen and oxygen atoms in total. The van der Waals surface area contributed by atoms with E-state index in [-0.39, 0.29) is 0 Å². The van der Waals surface area contributed by atoms with Crippen LogP contribution in [0.3, 0.4) is 0 Å². The molecule has 0 aromatic carbocycles. The maximum Gasteiger partial charge on any atom is 0.224 e. The highest BCUT2D eigenvalue weighted by atomic mass is 79.9. The first-order valence-corrected chi connectivity index (χ1v) is 6.70. The molecule has 0 bridgehead atoms. The summed E-state index contributed by atoms with van der Waals surface area (Å²) in [5.74, 6) is 1.69. The van der Waals surface area contributed by atoms with E-state index in [0.717, 1.165) is 43.0 Å². The first kappa shape index (κ1) is 12.6. The molecule has 2 rings (SSSR count). The van der Waals surface area contributed by atoms with Crippen molar-refractivity contribution in [2.75, 3.05) is 50.0 Å². The van der Waals surface area contributed by atoms with E-state index >= 15 is 0 Å². The summed E-state index contributed by atoms with van der Waals surface area (Å²) in [6, 6.07) is 0. The van der Waals surface area contributed by atoms with Crippen LogP contribution in [0.5, 0.6) is 0 Å². The van der Waals surface area contributed by atoms with Crippen molar-refractivity contribution >= 4 is 27.7 Å². The molecule has 0 unspecified atom stereocenters. The number of halogens is 1. The first-order valence-electron chi connectivity index (χ1n) is 5.90. The van der Waals surface area contributed by atoms with Crippen LogP contribution >= 0.6 is 15.9 Å². The van der Waals surface area contributed by atoms with E-state index in [2.05, 4.69) is 48.1 Å². The Hall–Kier alpha value is -0.880. The molecule has 1 fully saturated rings. The van der Waals surface area contributed by atoms with Crippen LogP contribution in [0.25, 0.3) is 0 Å². The van der Waals surface area contributed by atoms with Crippen LogP contribution in [-0.4, -0.2) is 54.6 Å². The molecule has 1 aliphatic heterocycles. The Labute approximate surface area is 110 Å². The average Bonchev–Trinajstić information content (AvgIpc) is 2.33. The Morgan fingerprint density at radius 3 is 2.71 bits per heavy atom. The van der Waals surface area contributed by atoms with Crippen molar-refractivity contribution in [1.82, 2.24) is 14.9 Å². The highest BCUT2D eigenvalue weighted by Gasteiger charge is 2.18. The number of hydrogen-bond acceptors (Lipinski definition) is 5. The lowest BCUT2D eigenvalue weighted by Crippen LogP contribution is -2.45. The van der Waals surface area contributed by atoms with E-state index < -0.39 is 0 Å². The highest BCUT2D eigenvalue weighted by Crippen LogP contribution is 2.25. The fourth-order valence-electron chi connectivity index (χ4n) is 1.84. The van der Waals surface area contributed by atoms with E-state index in [0.29, 0.717) is 5.95 Å². The first-order chi connectivity index (χ1) is 8.20. The molecule has 94 valence electrons. The van der Waals surface area contributed by atoms with E-state index in [1.165, 1.54) is 0 Å². The average molecular weight is 300 g/mol. The minimum Gasteiger partial charge on any atom is -0.354 e. The lowest BCUT2D eigenvalue weighted by molar-refractivity contribution is 0.312. The number of aromatic nitrogens is 2. The van der Waals surface area contributed by atoms with Crippen LogP contribution in [0.2, 0.25) is 0 Å². The maximum absolute atomic E-state index is 4.55. The van der Waals surface area contributed by atoms with E-state index in [4.69, 9.17) is 0 Å². The van der Waals surface area contributed by atoms with Crippen molar-refractivity contribution in [2.45, 2.75) is 6.92 Å². The van der Waals surface area contributed by atoms with Crippen LogP contribution in [0.1, 0.15) is 6.92 Å². The fraction of sp³-hybridized carbons (Fsp3) is 0.636. The number of nitrogens with one attached hydrogen (secondary N) is 1. The molecular weight excluding hydrogens is 282 g/mol. The van der Waals surface area contributed by atoms with Crippen LogP contribution in [0.4, 0.5) is 11.8 Å². The van der Waals surface area contributed by atoms with Crippen molar-refractivity contribution in [3.05, 3.63) is 10.7 Å². The van der Waals surface area contributed by atoms with Gasteiger partial charge in [-0.1, -0.05) is 0 Å². The summed E-state index contributed by atoms with van der Waals surface area (Å²) >= 11 is 3.52. The van der Waals surface area contributed by atoms with E-state index in [9.17, 15) is 0 Å². The molecule has 1 aliphatic rings. The number of nitrogens with zero attached hydrogens (tertiary/aromatic N) is 4. The Morgan fingerprint density at radius 2 is 2.06 bits per heavy atom. The van der Waals surface area contributed by atoms with Crippen molar-refractivity contribution < 1.29 is 0 Å². The second kappa shape index (κ2) is 5.64. The van der Waals surface area contributed by atoms with Crippen LogP contribution in [-0.2, 0) is 0 Å². The van der Waals surface area contributed by atoms with Gasteiger partial charge in [-0.3, -0.25) is 0 Å². The third kappa shape index (κ3) is 3.07. The van der Waals surface area contributed by atoms with Gasteiger partial charge in [-0.25, -0.2) is 4.98 Å². The summed E-state index contributed by atoms with van der Waals surface area (Å²) in [5.41, 5.74) is 0. The van der Waals surface area contributed by atoms with Gasteiger partial charge >= 0.3 is 0 Å². The molecule has 0 saturated carbocycles. The fourth-order valence-corrected chi connectivity index (χ4v) is 2.28. The van der Waals surface area contributed by atoms with Crippen LogP contribution in [0, 0.1) is 0 Å². The van der Waals surface area contributed by atoms with Gasteiger partial charge in [0, 0.05) is 38.9 Å². The lowest BCUT2D eigenvalue weighted by atomic mass is 10.3. The molecule has 2 heterocycles. The topological polar surface area (TPSA) is 44.3 Å². The summed E-state index contributed by atoms with van der Waals surface area (Å²) in [4.78, 5) is 13.4. The summed E-state index contributed by atoms with van der Waals surface area (Å²) in [7, 11) is 2.15. The van der Waals surface area contributed by atoms with E-state index in [1.54, 1.807) is 0 Å². The molecule has 1 aromatic rings. The minimum absolute atomic E-state index is 0.699. The van der Waals surface area contributed by atoms with Gasteiger partial charge < -0.3 is 15.1 Å². The zero-order valence-electron chi connectivity index (χ0n) is 10.3. The quantitative estimate of drug-likeness (QED) is 0.915. The predicted molar refractivity (Wildman–Crippen MR) is 73.6 cm³/mol. The zero-order chi connectivity index (χ0) is 12.3. The Morgan fingerprint density at radius 1 is 1.35 bits per heavy atom. The van der Waals surface area contributed by atoms with Crippen molar-refractivity contribution in [3.8, 4) is 0 Å². The molecule has 6 heteroatoms. The van der Waals surface area contributed by atoms with E-state index in [1.807, 2.05) is 13.1 Å². The van der Waals surface area contributed by atoms with Gasteiger partial charge in [-0.2, -0.15) is 4.98 Å². The van der Waals surface area contributed by atoms with Gasteiger partial charge in [0.25, 0.3) is 0 Å². The SMILES string of the molecule is CCNc1ncc(Br)c(N2CCN(C)CC2)n1. The number of piperazine rings is 1. The Bertz CT molecular complexity index is 376. The highest BCUT2D eigenvalue weighted by molar-refractivity contribution is 9.10. The number of likely N-dealkylation sites (N-methyl/N-ethyl adjacent to an activating group) is 1. The standard InChI is InChI=1S/C11H18BrN5/c1-3-13-11-14-8-9(12)10(15-11)17-6-4-16(2)5-7-17/h8H,3-7H2,1-2H3,(H,13,14,15). The number of anilines is 2. The largest absolute Gasteiger partial charge is 0.354 e. The molecule has 1 aromatic heterocycles. The van der Waals surface area contributed by atoms with Crippen molar-refractivity contribution in [1.29, 1.82) is 0 Å². The van der Waals surface area contributed by atoms with Crippen LogP contribution < -0.4 is 10.2 Å². The number of rotatable bonds is 3. The lowest BCUT2D eigenvalue weighted by Gasteiger charge is -2.33. The predicted octanol–water partition coefficient (Wildman–Crippen LogP) is 1.42. The Balaban J connectivity index is 2.15. The molecule has 0 amide bonds. The normalized spacial score (nSPS) is 17.2. The second-order valence-electron chi connectivity index (χ2n) is 4.19. The van der Waals surface area contributed by atoms with Crippen LogP contribution in [0.15, 0.2) is 10.7 Å². The van der Waals surface area contributed by atoms with Gasteiger partial charge in [0.05, 0.1) is 4.47 Å². The maximum atomic E-state index is 4.55.